The van der Waals surface area contributed by atoms with E-state index in [1.165, 1.54) is 5.56 Å². The highest BCUT2D eigenvalue weighted by Gasteiger charge is 2.35. The van der Waals surface area contributed by atoms with E-state index >= 15 is 0 Å². The first-order valence-electron chi connectivity index (χ1n) is 10.8. The Kier molecular flexibility index (Phi) is 5.52. The Hall–Kier alpha value is -2.67. The summed E-state index contributed by atoms with van der Waals surface area (Å²) in [5.41, 5.74) is 5.75. The monoisotopic (exact) mass is 420 g/mol. The van der Waals surface area contributed by atoms with Crippen LogP contribution < -0.4 is 5.32 Å². The van der Waals surface area contributed by atoms with Crippen molar-refractivity contribution in [3.8, 4) is 0 Å². The number of anilines is 1. The Morgan fingerprint density at radius 2 is 1.77 bits per heavy atom. The smallest absolute Gasteiger partial charge is 0.260 e. The molecule has 6 heteroatoms. The summed E-state index contributed by atoms with van der Waals surface area (Å²) in [4.78, 5) is 15.1. The zero-order valence-corrected chi connectivity index (χ0v) is 18.0. The van der Waals surface area contributed by atoms with Crippen molar-refractivity contribution >= 4 is 22.9 Å². The van der Waals surface area contributed by atoms with Crippen LogP contribution in [0, 0.1) is 0 Å². The highest BCUT2D eigenvalue weighted by Crippen LogP contribution is 2.41. The van der Waals surface area contributed by atoms with Gasteiger partial charge in [-0.2, -0.15) is 0 Å². The molecule has 31 heavy (non-hydrogen) atoms. The van der Waals surface area contributed by atoms with Gasteiger partial charge in [-0.3, -0.25) is 9.69 Å². The normalized spacial score (nSPS) is 24.8. The molecule has 0 bridgehead atoms. The van der Waals surface area contributed by atoms with Crippen molar-refractivity contribution in [3.05, 3.63) is 64.7 Å². The third-order valence-corrected chi connectivity index (χ3v) is 6.54. The largest absolute Gasteiger partial charge is 0.487 e. The van der Waals surface area contributed by atoms with Crippen LogP contribution in [0.4, 0.5) is 5.69 Å². The van der Waals surface area contributed by atoms with Gasteiger partial charge in [0.25, 0.3) is 5.91 Å². The third kappa shape index (κ3) is 3.65. The number of rotatable bonds is 6. The second-order valence-electron chi connectivity index (χ2n) is 8.45. The first-order chi connectivity index (χ1) is 15.2. The lowest BCUT2D eigenvalue weighted by Gasteiger charge is -2.29. The Bertz CT molecular complexity index is 1020. The van der Waals surface area contributed by atoms with Crippen molar-refractivity contribution in [2.24, 2.45) is 0 Å². The molecule has 0 radical (unpaired) electrons. The minimum absolute atomic E-state index is 0.102. The molecule has 2 aromatic rings. The molecule has 1 N–H and O–H groups in total. The van der Waals surface area contributed by atoms with Crippen LogP contribution in [-0.2, 0) is 32.2 Å². The maximum atomic E-state index is 12.6. The van der Waals surface area contributed by atoms with E-state index in [0.717, 1.165) is 55.0 Å². The van der Waals surface area contributed by atoms with Crippen molar-refractivity contribution in [1.82, 2.24) is 4.90 Å². The van der Waals surface area contributed by atoms with Gasteiger partial charge < -0.3 is 19.5 Å². The molecule has 2 atom stereocenters. The van der Waals surface area contributed by atoms with Gasteiger partial charge in [-0.15, -0.1) is 0 Å². The first-order valence-corrected chi connectivity index (χ1v) is 10.8. The number of fused-ring (bicyclic) bond motifs is 2. The van der Waals surface area contributed by atoms with Gasteiger partial charge in [0.05, 0.1) is 18.8 Å². The molecule has 3 aliphatic heterocycles. The highest BCUT2D eigenvalue weighted by atomic mass is 16.5. The van der Waals surface area contributed by atoms with Crippen molar-refractivity contribution < 1.29 is 19.0 Å². The predicted molar refractivity (Wildman–Crippen MR) is 119 cm³/mol. The SMILES string of the molecule is COC[C@@H]1CC[C@@H](COC)N1Cc1ccc2c(c1)CO/C2=C1/C(=O)Nc2ccccc21. The summed E-state index contributed by atoms with van der Waals surface area (Å²) >= 11 is 0. The Balaban J connectivity index is 1.43. The summed E-state index contributed by atoms with van der Waals surface area (Å²) in [6, 6.07) is 15.0. The Labute approximate surface area is 182 Å². The lowest BCUT2D eigenvalue weighted by Crippen LogP contribution is -2.40. The van der Waals surface area contributed by atoms with Crippen LogP contribution in [0.3, 0.4) is 0 Å². The molecule has 1 saturated heterocycles. The number of carbonyl (C=O) groups is 1. The number of benzene rings is 2. The van der Waals surface area contributed by atoms with E-state index in [9.17, 15) is 4.79 Å². The van der Waals surface area contributed by atoms with Crippen LogP contribution >= 0.6 is 0 Å². The molecule has 0 aromatic heterocycles. The maximum Gasteiger partial charge on any atom is 0.260 e. The molecule has 6 nitrogen and oxygen atoms in total. The lowest BCUT2D eigenvalue weighted by molar-refractivity contribution is -0.110. The Morgan fingerprint density at radius 3 is 2.52 bits per heavy atom. The van der Waals surface area contributed by atoms with Gasteiger partial charge in [0.15, 0.2) is 0 Å². The van der Waals surface area contributed by atoms with Crippen molar-refractivity contribution in [3.63, 3.8) is 0 Å². The van der Waals surface area contributed by atoms with Gasteiger partial charge in [-0.1, -0.05) is 36.4 Å². The minimum Gasteiger partial charge on any atom is -0.487 e. The number of methoxy groups -OCH3 is 2. The Morgan fingerprint density at radius 1 is 1.03 bits per heavy atom. The molecule has 5 rings (SSSR count). The van der Waals surface area contributed by atoms with Gasteiger partial charge in [0.1, 0.15) is 12.4 Å². The summed E-state index contributed by atoms with van der Waals surface area (Å²) < 4.78 is 17.0. The molecule has 162 valence electrons. The van der Waals surface area contributed by atoms with Crippen LogP contribution in [0.2, 0.25) is 0 Å². The molecule has 3 heterocycles. The summed E-state index contributed by atoms with van der Waals surface area (Å²) in [6.45, 7) is 2.81. The van der Waals surface area contributed by atoms with E-state index in [0.29, 0.717) is 30.0 Å². The van der Waals surface area contributed by atoms with Gasteiger partial charge in [-0.25, -0.2) is 0 Å². The van der Waals surface area contributed by atoms with Crippen molar-refractivity contribution in [1.29, 1.82) is 0 Å². The van der Waals surface area contributed by atoms with Gasteiger partial charge in [0.2, 0.25) is 0 Å². The highest BCUT2D eigenvalue weighted by molar-refractivity contribution is 6.36. The fourth-order valence-electron chi connectivity index (χ4n) is 5.09. The summed E-state index contributed by atoms with van der Waals surface area (Å²) in [5.74, 6) is 0.578. The number of nitrogens with zero attached hydrogens (tertiary/aromatic N) is 1. The van der Waals surface area contributed by atoms with Gasteiger partial charge in [0, 0.05) is 55.2 Å². The number of amides is 1. The van der Waals surface area contributed by atoms with E-state index in [1.807, 2.05) is 24.3 Å². The van der Waals surface area contributed by atoms with Gasteiger partial charge >= 0.3 is 0 Å². The average molecular weight is 421 g/mol. The van der Waals surface area contributed by atoms with E-state index in [-0.39, 0.29) is 5.91 Å². The molecular weight excluding hydrogens is 392 g/mol. The average Bonchev–Trinajstić information content (AvgIpc) is 3.44. The second kappa shape index (κ2) is 8.46. The third-order valence-electron chi connectivity index (χ3n) is 6.54. The quantitative estimate of drug-likeness (QED) is 0.723. The zero-order valence-electron chi connectivity index (χ0n) is 18.0. The van der Waals surface area contributed by atoms with Crippen LogP contribution in [0.1, 0.15) is 35.1 Å². The van der Waals surface area contributed by atoms with E-state index < -0.39 is 0 Å². The fraction of sp³-hybridized carbons (Fsp3) is 0.400. The van der Waals surface area contributed by atoms with Crippen LogP contribution in [0.25, 0.3) is 11.3 Å². The number of para-hydroxylation sites is 1. The predicted octanol–water partition coefficient (Wildman–Crippen LogP) is 3.66. The summed E-state index contributed by atoms with van der Waals surface area (Å²) in [7, 11) is 3.53. The zero-order chi connectivity index (χ0) is 21.4. The van der Waals surface area contributed by atoms with Crippen LogP contribution in [-0.4, -0.2) is 50.3 Å². The van der Waals surface area contributed by atoms with E-state index in [2.05, 4.69) is 28.4 Å². The number of hydrogen-bond donors (Lipinski definition) is 1. The number of nitrogens with one attached hydrogen (secondary N) is 1. The van der Waals surface area contributed by atoms with Crippen LogP contribution in [0.5, 0.6) is 0 Å². The number of carbonyl (C=O) groups excluding carboxylic acids is 1. The number of likely N-dealkylation sites (tertiary alicyclic amines) is 1. The first kappa shape index (κ1) is 20.2. The molecule has 0 saturated carbocycles. The molecule has 2 aromatic carbocycles. The molecule has 1 fully saturated rings. The molecule has 0 unspecified atom stereocenters. The standard InChI is InChI=1S/C25H28N2O4/c1-29-14-18-8-9-19(15-30-2)27(18)12-16-7-10-20-17(11-16)13-31-24(20)23-21-5-3-4-6-22(21)26-25(23)28/h3-7,10-11,18-19H,8-9,12-15H2,1-2H3,(H,26,28)/b24-23+/t18-,19-/m0/s1. The van der Waals surface area contributed by atoms with E-state index in [1.54, 1.807) is 14.2 Å². The summed E-state index contributed by atoms with van der Waals surface area (Å²) in [6.07, 6.45) is 2.25. The number of hydrogen-bond acceptors (Lipinski definition) is 5. The minimum atomic E-state index is -0.102. The van der Waals surface area contributed by atoms with Gasteiger partial charge in [-0.05, 0) is 24.5 Å². The van der Waals surface area contributed by atoms with E-state index in [4.69, 9.17) is 14.2 Å². The molecular formula is C25H28N2O4. The molecule has 3 aliphatic rings. The molecule has 0 spiro atoms. The lowest BCUT2D eigenvalue weighted by atomic mass is 9.99. The number of ether oxygens (including phenoxy) is 3. The fourth-order valence-corrected chi connectivity index (χ4v) is 5.09. The molecule has 0 aliphatic carbocycles. The van der Waals surface area contributed by atoms with Crippen LogP contribution in [0.15, 0.2) is 42.5 Å². The second-order valence-corrected chi connectivity index (χ2v) is 8.45. The van der Waals surface area contributed by atoms with Crippen molar-refractivity contribution in [2.45, 2.75) is 38.1 Å². The maximum absolute atomic E-state index is 12.6. The van der Waals surface area contributed by atoms with Crippen molar-refractivity contribution in [2.75, 3.05) is 32.8 Å². The summed E-state index contributed by atoms with van der Waals surface area (Å²) in [5, 5.41) is 2.94. The molecule has 1 amide bonds. The topological polar surface area (TPSA) is 60.0 Å².